The summed E-state index contributed by atoms with van der Waals surface area (Å²) >= 11 is 0. The second-order valence-corrected chi connectivity index (χ2v) is 5.47. The first kappa shape index (κ1) is 15.6. The minimum absolute atomic E-state index is 0.00628. The highest BCUT2D eigenvalue weighted by Crippen LogP contribution is 2.20. The fourth-order valence-corrected chi connectivity index (χ4v) is 2.46. The third-order valence-corrected chi connectivity index (χ3v) is 4.00. The van der Waals surface area contributed by atoms with Crippen LogP contribution in [0.1, 0.15) is 11.1 Å². The van der Waals surface area contributed by atoms with E-state index in [1.807, 2.05) is 4.90 Å². The van der Waals surface area contributed by atoms with Crippen LogP contribution in [-0.2, 0) is 4.74 Å². The maximum absolute atomic E-state index is 12.0. The van der Waals surface area contributed by atoms with Gasteiger partial charge in [0.15, 0.2) is 0 Å². The fourth-order valence-electron chi connectivity index (χ4n) is 2.46. The van der Waals surface area contributed by atoms with Crippen molar-refractivity contribution in [2.24, 2.45) is 0 Å². The molecule has 21 heavy (non-hydrogen) atoms. The van der Waals surface area contributed by atoms with Crippen molar-refractivity contribution < 1.29 is 9.53 Å². The van der Waals surface area contributed by atoms with Gasteiger partial charge in [-0.3, -0.25) is 0 Å². The summed E-state index contributed by atoms with van der Waals surface area (Å²) in [6, 6.07) is 6.56. The molecule has 0 aliphatic carbocycles. The first-order valence-electron chi connectivity index (χ1n) is 7.45. The Hall–Kier alpha value is -1.75. The molecule has 116 valence electrons. The predicted molar refractivity (Wildman–Crippen MR) is 85.0 cm³/mol. The quantitative estimate of drug-likeness (QED) is 0.860. The van der Waals surface area contributed by atoms with Crippen molar-refractivity contribution in [3.05, 3.63) is 29.3 Å². The Labute approximate surface area is 126 Å². The Kier molecular flexibility index (Phi) is 5.44. The average Bonchev–Trinajstić information content (AvgIpc) is 2.50. The molecular formula is C16H25N3O2. The van der Waals surface area contributed by atoms with Crippen LogP contribution in [0.4, 0.5) is 10.5 Å². The average molecular weight is 291 g/mol. The van der Waals surface area contributed by atoms with Gasteiger partial charge in [-0.05, 0) is 37.1 Å². The van der Waals surface area contributed by atoms with E-state index in [0.717, 1.165) is 26.2 Å². The van der Waals surface area contributed by atoms with Gasteiger partial charge in [0.1, 0.15) is 0 Å². The van der Waals surface area contributed by atoms with Gasteiger partial charge in [-0.1, -0.05) is 6.07 Å². The maximum atomic E-state index is 12.0. The molecule has 5 heteroatoms. The van der Waals surface area contributed by atoms with Crippen LogP contribution in [0.2, 0.25) is 0 Å². The van der Waals surface area contributed by atoms with Crippen LogP contribution in [0.15, 0.2) is 18.2 Å². The number of nitrogens with zero attached hydrogens (tertiary/aromatic N) is 2. The lowest BCUT2D eigenvalue weighted by molar-refractivity contribution is 0.177. The predicted octanol–water partition coefficient (Wildman–Crippen LogP) is 1.78. The molecule has 5 nitrogen and oxygen atoms in total. The van der Waals surface area contributed by atoms with Crippen LogP contribution >= 0.6 is 0 Å². The van der Waals surface area contributed by atoms with Gasteiger partial charge in [0.05, 0.1) is 6.61 Å². The molecule has 0 saturated carbocycles. The summed E-state index contributed by atoms with van der Waals surface area (Å²) in [4.78, 5) is 16.2. The summed E-state index contributed by atoms with van der Waals surface area (Å²) in [6.45, 7) is 8.64. The lowest BCUT2D eigenvalue weighted by Gasteiger charge is -2.36. The number of aryl methyl sites for hydroxylation is 2. The van der Waals surface area contributed by atoms with Crippen molar-refractivity contribution in [1.82, 2.24) is 10.2 Å². The van der Waals surface area contributed by atoms with Gasteiger partial charge in [0, 0.05) is 45.5 Å². The van der Waals surface area contributed by atoms with E-state index in [1.54, 1.807) is 7.11 Å². The highest BCUT2D eigenvalue weighted by atomic mass is 16.5. The van der Waals surface area contributed by atoms with E-state index >= 15 is 0 Å². The number of hydrogen-bond donors (Lipinski definition) is 1. The van der Waals surface area contributed by atoms with Crippen LogP contribution in [0, 0.1) is 13.8 Å². The summed E-state index contributed by atoms with van der Waals surface area (Å²) in [7, 11) is 1.63. The van der Waals surface area contributed by atoms with E-state index < -0.39 is 0 Å². The Balaban J connectivity index is 1.85. The molecule has 1 N–H and O–H groups in total. The van der Waals surface area contributed by atoms with Gasteiger partial charge in [-0.2, -0.15) is 0 Å². The van der Waals surface area contributed by atoms with E-state index in [-0.39, 0.29) is 6.03 Å². The first-order chi connectivity index (χ1) is 10.1. The van der Waals surface area contributed by atoms with Gasteiger partial charge in [0.25, 0.3) is 0 Å². The Morgan fingerprint density at radius 1 is 1.19 bits per heavy atom. The van der Waals surface area contributed by atoms with E-state index in [4.69, 9.17) is 4.74 Å². The van der Waals surface area contributed by atoms with Gasteiger partial charge in [-0.15, -0.1) is 0 Å². The van der Waals surface area contributed by atoms with Crippen molar-refractivity contribution in [3.8, 4) is 0 Å². The molecule has 0 atom stereocenters. The van der Waals surface area contributed by atoms with Crippen LogP contribution in [-0.4, -0.2) is 57.4 Å². The van der Waals surface area contributed by atoms with Gasteiger partial charge < -0.3 is 19.9 Å². The second-order valence-electron chi connectivity index (χ2n) is 5.47. The summed E-state index contributed by atoms with van der Waals surface area (Å²) in [5.74, 6) is 0. The number of anilines is 1. The number of carbonyl (C=O) groups is 1. The Morgan fingerprint density at radius 3 is 2.52 bits per heavy atom. The number of urea groups is 1. The molecule has 1 fully saturated rings. The number of benzene rings is 1. The van der Waals surface area contributed by atoms with E-state index in [9.17, 15) is 4.79 Å². The first-order valence-corrected chi connectivity index (χ1v) is 7.45. The smallest absolute Gasteiger partial charge is 0.317 e. The summed E-state index contributed by atoms with van der Waals surface area (Å²) in [6.07, 6.45) is 0. The molecule has 0 radical (unpaired) electrons. The van der Waals surface area contributed by atoms with Crippen molar-refractivity contribution in [2.75, 3.05) is 51.3 Å². The molecule has 2 rings (SSSR count). The second kappa shape index (κ2) is 7.31. The van der Waals surface area contributed by atoms with E-state index in [0.29, 0.717) is 13.2 Å². The molecule has 0 aromatic heterocycles. The molecule has 1 saturated heterocycles. The molecule has 1 heterocycles. The molecule has 1 aliphatic heterocycles. The van der Waals surface area contributed by atoms with Crippen molar-refractivity contribution in [2.45, 2.75) is 13.8 Å². The number of hydrogen-bond acceptors (Lipinski definition) is 3. The maximum Gasteiger partial charge on any atom is 0.317 e. The standard InChI is InChI=1S/C16H25N3O2/c1-13-4-5-15(12-14(13)2)18-7-9-19(10-8-18)16(20)17-6-11-21-3/h4-5,12H,6-11H2,1-3H3,(H,17,20). The Bertz CT molecular complexity index is 482. The number of carbonyl (C=O) groups excluding carboxylic acids is 1. The monoisotopic (exact) mass is 291 g/mol. The third kappa shape index (κ3) is 4.11. The van der Waals surface area contributed by atoms with Crippen LogP contribution < -0.4 is 10.2 Å². The number of nitrogens with one attached hydrogen (secondary N) is 1. The molecular weight excluding hydrogens is 266 g/mol. The zero-order valence-electron chi connectivity index (χ0n) is 13.2. The van der Waals surface area contributed by atoms with E-state index in [2.05, 4.69) is 42.3 Å². The number of piperazine rings is 1. The topological polar surface area (TPSA) is 44.8 Å². The van der Waals surface area contributed by atoms with E-state index in [1.165, 1.54) is 16.8 Å². The normalized spacial score (nSPS) is 15.2. The lowest BCUT2D eigenvalue weighted by atomic mass is 10.1. The molecule has 0 bridgehead atoms. The van der Waals surface area contributed by atoms with Gasteiger partial charge in [0.2, 0.25) is 0 Å². The van der Waals surface area contributed by atoms with Crippen molar-refractivity contribution in [1.29, 1.82) is 0 Å². The number of amides is 2. The summed E-state index contributed by atoms with van der Waals surface area (Å²) in [5.41, 5.74) is 3.87. The minimum atomic E-state index is 0.00628. The van der Waals surface area contributed by atoms with Crippen LogP contribution in [0.25, 0.3) is 0 Å². The van der Waals surface area contributed by atoms with Gasteiger partial charge in [-0.25, -0.2) is 4.79 Å². The zero-order chi connectivity index (χ0) is 15.2. The minimum Gasteiger partial charge on any atom is -0.383 e. The van der Waals surface area contributed by atoms with Crippen LogP contribution in [0.3, 0.4) is 0 Å². The number of methoxy groups -OCH3 is 1. The Morgan fingerprint density at radius 2 is 1.90 bits per heavy atom. The molecule has 1 aromatic rings. The van der Waals surface area contributed by atoms with Gasteiger partial charge >= 0.3 is 6.03 Å². The molecule has 2 amide bonds. The highest BCUT2D eigenvalue weighted by Gasteiger charge is 2.21. The molecule has 1 aliphatic rings. The largest absolute Gasteiger partial charge is 0.383 e. The lowest BCUT2D eigenvalue weighted by Crippen LogP contribution is -2.52. The fraction of sp³-hybridized carbons (Fsp3) is 0.562. The summed E-state index contributed by atoms with van der Waals surface area (Å²) in [5, 5.41) is 2.87. The number of rotatable bonds is 4. The third-order valence-electron chi connectivity index (χ3n) is 4.00. The molecule has 1 aromatic carbocycles. The summed E-state index contributed by atoms with van der Waals surface area (Å²) < 4.78 is 4.93. The number of ether oxygens (including phenoxy) is 1. The zero-order valence-corrected chi connectivity index (χ0v) is 13.2. The van der Waals surface area contributed by atoms with Crippen LogP contribution in [0.5, 0.6) is 0 Å². The molecule has 0 spiro atoms. The molecule has 0 unspecified atom stereocenters. The highest BCUT2D eigenvalue weighted by molar-refractivity contribution is 5.74. The van der Waals surface area contributed by atoms with Crippen molar-refractivity contribution >= 4 is 11.7 Å². The SMILES string of the molecule is COCCNC(=O)N1CCN(c2ccc(C)c(C)c2)CC1. The van der Waals surface area contributed by atoms with Crippen molar-refractivity contribution in [3.63, 3.8) is 0 Å².